The zero-order valence-electron chi connectivity index (χ0n) is 9.39. The summed E-state index contributed by atoms with van der Waals surface area (Å²) in [6, 6.07) is 1.74. The van der Waals surface area contributed by atoms with Gasteiger partial charge in [-0.3, -0.25) is 4.79 Å². The third-order valence-electron chi connectivity index (χ3n) is 2.81. The Labute approximate surface area is 88.7 Å². The van der Waals surface area contributed by atoms with Crippen LogP contribution >= 0.6 is 0 Å². The Bertz CT molecular complexity index is 384. The van der Waals surface area contributed by atoms with E-state index in [0.717, 1.165) is 11.1 Å². The standard InChI is InChI=1S/C12H15FO2/c1-6-5-7(2)11(13)10(8(6)3)9(4)12(14)15/h5,9H,1-4H3,(H,14,15). The van der Waals surface area contributed by atoms with E-state index < -0.39 is 17.7 Å². The molecule has 3 heteroatoms. The van der Waals surface area contributed by atoms with Gasteiger partial charge in [0.25, 0.3) is 0 Å². The van der Waals surface area contributed by atoms with Crippen LogP contribution in [0.15, 0.2) is 6.07 Å². The molecular weight excluding hydrogens is 195 g/mol. The predicted molar refractivity (Wildman–Crippen MR) is 56.7 cm³/mol. The van der Waals surface area contributed by atoms with Gasteiger partial charge in [-0.1, -0.05) is 6.07 Å². The fraction of sp³-hybridized carbons (Fsp3) is 0.417. The Morgan fingerprint density at radius 1 is 1.33 bits per heavy atom. The number of aliphatic carboxylic acids is 1. The van der Waals surface area contributed by atoms with Crippen molar-refractivity contribution in [3.8, 4) is 0 Å². The van der Waals surface area contributed by atoms with E-state index >= 15 is 0 Å². The van der Waals surface area contributed by atoms with Crippen LogP contribution in [-0.2, 0) is 4.79 Å². The molecule has 1 rings (SSSR count). The van der Waals surface area contributed by atoms with Crippen LogP contribution in [0.25, 0.3) is 0 Å². The normalized spacial score (nSPS) is 12.6. The van der Waals surface area contributed by atoms with Crippen molar-refractivity contribution in [3.63, 3.8) is 0 Å². The quantitative estimate of drug-likeness (QED) is 0.814. The number of benzene rings is 1. The molecule has 0 saturated carbocycles. The summed E-state index contributed by atoms with van der Waals surface area (Å²) < 4.78 is 13.8. The average molecular weight is 210 g/mol. The van der Waals surface area contributed by atoms with Gasteiger partial charge in [0, 0.05) is 5.56 Å². The topological polar surface area (TPSA) is 37.3 Å². The second-order valence-corrected chi connectivity index (χ2v) is 3.92. The van der Waals surface area contributed by atoms with Gasteiger partial charge in [0.05, 0.1) is 5.92 Å². The fourth-order valence-electron chi connectivity index (χ4n) is 1.72. The first kappa shape index (κ1) is 11.7. The van der Waals surface area contributed by atoms with Gasteiger partial charge < -0.3 is 5.11 Å². The molecule has 0 fully saturated rings. The van der Waals surface area contributed by atoms with Gasteiger partial charge in [0.1, 0.15) is 5.82 Å². The van der Waals surface area contributed by atoms with Crippen molar-refractivity contribution < 1.29 is 14.3 Å². The van der Waals surface area contributed by atoms with Gasteiger partial charge in [0.2, 0.25) is 0 Å². The Hall–Kier alpha value is -1.38. The lowest BCUT2D eigenvalue weighted by molar-refractivity contribution is -0.138. The van der Waals surface area contributed by atoms with Crippen LogP contribution < -0.4 is 0 Å². The predicted octanol–water partition coefficient (Wildman–Crippen LogP) is 2.94. The summed E-state index contributed by atoms with van der Waals surface area (Å²) in [6.07, 6.45) is 0. The summed E-state index contributed by atoms with van der Waals surface area (Å²) >= 11 is 0. The van der Waals surface area contributed by atoms with E-state index in [-0.39, 0.29) is 0 Å². The average Bonchev–Trinajstić information content (AvgIpc) is 2.15. The molecule has 1 aromatic carbocycles. The highest BCUT2D eigenvalue weighted by Gasteiger charge is 2.22. The third-order valence-corrected chi connectivity index (χ3v) is 2.81. The largest absolute Gasteiger partial charge is 0.481 e. The number of carbonyl (C=O) groups is 1. The molecule has 82 valence electrons. The van der Waals surface area contributed by atoms with Crippen molar-refractivity contribution in [1.82, 2.24) is 0 Å². The van der Waals surface area contributed by atoms with Crippen LogP contribution in [0.2, 0.25) is 0 Å². The number of hydrogen-bond donors (Lipinski definition) is 1. The van der Waals surface area contributed by atoms with E-state index in [4.69, 9.17) is 5.11 Å². The summed E-state index contributed by atoms with van der Waals surface area (Å²) in [6.45, 7) is 6.78. The lowest BCUT2D eigenvalue weighted by Crippen LogP contribution is -2.12. The maximum Gasteiger partial charge on any atom is 0.310 e. The summed E-state index contributed by atoms with van der Waals surface area (Å²) in [5, 5.41) is 8.90. The Balaban J connectivity index is 3.45. The smallest absolute Gasteiger partial charge is 0.310 e. The molecule has 1 aromatic rings. The van der Waals surface area contributed by atoms with Crippen molar-refractivity contribution in [1.29, 1.82) is 0 Å². The van der Waals surface area contributed by atoms with Gasteiger partial charge in [-0.2, -0.15) is 0 Å². The number of aryl methyl sites for hydroxylation is 2. The number of carboxylic acid groups (broad SMARTS) is 1. The van der Waals surface area contributed by atoms with Crippen LogP contribution in [0.1, 0.15) is 35.1 Å². The van der Waals surface area contributed by atoms with E-state index in [9.17, 15) is 9.18 Å². The molecular formula is C12H15FO2. The lowest BCUT2D eigenvalue weighted by Gasteiger charge is -2.15. The van der Waals surface area contributed by atoms with Crippen molar-refractivity contribution in [2.45, 2.75) is 33.6 Å². The van der Waals surface area contributed by atoms with E-state index in [1.165, 1.54) is 6.92 Å². The molecule has 0 bridgehead atoms. The van der Waals surface area contributed by atoms with Crippen molar-refractivity contribution in [2.75, 3.05) is 0 Å². The summed E-state index contributed by atoms with van der Waals surface area (Å²) in [7, 11) is 0. The molecule has 1 N–H and O–H groups in total. The summed E-state index contributed by atoms with van der Waals surface area (Å²) in [5.74, 6) is -2.20. The van der Waals surface area contributed by atoms with E-state index in [1.54, 1.807) is 19.9 Å². The first-order valence-corrected chi connectivity index (χ1v) is 4.85. The van der Waals surface area contributed by atoms with Crippen LogP contribution in [-0.4, -0.2) is 11.1 Å². The SMILES string of the molecule is Cc1cc(C)c(F)c(C(C)C(=O)O)c1C. The highest BCUT2D eigenvalue weighted by Crippen LogP contribution is 2.27. The van der Waals surface area contributed by atoms with Gasteiger partial charge in [-0.05, 0) is 44.4 Å². The third kappa shape index (κ3) is 2.01. The molecule has 1 atom stereocenters. The van der Waals surface area contributed by atoms with Crippen LogP contribution in [0.4, 0.5) is 4.39 Å². The van der Waals surface area contributed by atoms with Gasteiger partial charge >= 0.3 is 5.97 Å². The molecule has 0 saturated heterocycles. The van der Waals surface area contributed by atoms with Gasteiger partial charge in [-0.25, -0.2) is 4.39 Å². The number of carboxylic acids is 1. The highest BCUT2D eigenvalue weighted by molar-refractivity contribution is 5.76. The molecule has 15 heavy (non-hydrogen) atoms. The molecule has 2 nitrogen and oxygen atoms in total. The first-order valence-electron chi connectivity index (χ1n) is 4.85. The van der Waals surface area contributed by atoms with E-state index in [1.807, 2.05) is 6.92 Å². The molecule has 0 aliphatic heterocycles. The number of hydrogen-bond acceptors (Lipinski definition) is 1. The van der Waals surface area contributed by atoms with Crippen LogP contribution in [0.3, 0.4) is 0 Å². The molecule has 1 unspecified atom stereocenters. The molecule has 0 spiro atoms. The number of halogens is 1. The Kier molecular flexibility index (Phi) is 3.12. The molecule has 0 aliphatic rings. The minimum absolute atomic E-state index is 0.306. The lowest BCUT2D eigenvalue weighted by atomic mass is 9.91. The summed E-state index contributed by atoms with van der Waals surface area (Å²) in [5.41, 5.74) is 2.46. The minimum Gasteiger partial charge on any atom is -0.481 e. The Morgan fingerprint density at radius 2 is 1.87 bits per heavy atom. The van der Waals surface area contributed by atoms with Crippen LogP contribution in [0, 0.1) is 26.6 Å². The van der Waals surface area contributed by atoms with E-state index in [2.05, 4.69) is 0 Å². The second-order valence-electron chi connectivity index (χ2n) is 3.92. The zero-order valence-corrected chi connectivity index (χ0v) is 9.39. The van der Waals surface area contributed by atoms with E-state index in [0.29, 0.717) is 11.1 Å². The van der Waals surface area contributed by atoms with Crippen molar-refractivity contribution in [2.24, 2.45) is 0 Å². The monoisotopic (exact) mass is 210 g/mol. The molecule has 0 amide bonds. The van der Waals surface area contributed by atoms with Crippen LogP contribution in [0.5, 0.6) is 0 Å². The maximum absolute atomic E-state index is 13.8. The molecule has 0 heterocycles. The highest BCUT2D eigenvalue weighted by atomic mass is 19.1. The van der Waals surface area contributed by atoms with Crippen molar-refractivity contribution in [3.05, 3.63) is 34.1 Å². The van der Waals surface area contributed by atoms with Crippen molar-refractivity contribution >= 4 is 5.97 Å². The molecule has 0 aromatic heterocycles. The zero-order chi connectivity index (χ0) is 11.7. The Morgan fingerprint density at radius 3 is 2.33 bits per heavy atom. The minimum atomic E-state index is -0.998. The maximum atomic E-state index is 13.8. The first-order chi connectivity index (χ1) is 6.86. The molecule has 0 aliphatic carbocycles. The molecule has 0 radical (unpaired) electrons. The summed E-state index contributed by atoms with van der Waals surface area (Å²) in [4.78, 5) is 10.9. The van der Waals surface area contributed by atoms with Gasteiger partial charge in [0.15, 0.2) is 0 Å². The number of rotatable bonds is 2. The van der Waals surface area contributed by atoms with Gasteiger partial charge in [-0.15, -0.1) is 0 Å². The second kappa shape index (κ2) is 4.01. The fourth-order valence-corrected chi connectivity index (χ4v) is 1.72.